The fourth-order valence-electron chi connectivity index (χ4n) is 4.15. The van der Waals surface area contributed by atoms with E-state index in [2.05, 4.69) is 10.4 Å². The number of carboxylic acid groups (broad SMARTS) is 1. The van der Waals surface area contributed by atoms with Crippen LogP contribution in [0.4, 0.5) is 13.6 Å². The number of rotatable bonds is 8. The fourth-order valence-corrected chi connectivity index (χ4v) is 5.51. The van der Waals surface area contributed by atoms with Gasteiger partial charge in [0, 0.05) is 69.1 Å². The molecule has 4 N–H and O–H groups in total. The molecule has 1 fully saturated rings. The second-order valence-electron chi connectivity index (χ2n) is 8.36. The Morgan fingerprint density at radius 2 is 1.97 bits per heavy atom. The van der Waals surface area contributed by atoms with Crippen LogP contribution in [0.15, 0.2) is 52.5 Å². The summed E-state index contributed by atoms with van der Waals surface area (Å²) in [5.74, 6) is -2.73. The van der Waals surface area contributed by atoms with Crippen LogP contribution in [0.3, 0.4) is 0 Å². The van der Waals surface area contributed by atoms with Gasteiger partial charge in [-0.25, -0.2) is 18.4 Å². The topological polar surface area (TPSA) is 115 Å². The van der Waals surface area contributed by atoms with Crippen molar-refractivity contribution in [1.82, 2.24) is 19.7 Å². The summed E-state index contributed by atoms with van der Waals surface area (Å²) in [6.45, 7) is 0.609. The van der Waals surface area contributed by atoms with Crippen LogP contribution in [0.5, 0.6) is 0 Å². The molecule has 2 amide bonds. The molecule has 2 aromatic carbocycles. The van der Waals surface area contributed by atoms with Gasteiger partial charge >= 0.3 is 12.0 Å². The third kappa shape index (κ3) is 5.37. The molecule has 1 aliphatic carbocycles. The van der Waals surface area contributed by atoms with E-state index in [-0.39, 0.29) is 57.5 Å². The number of carboxylic acids is 1. The Balaban J connectivity index is 0.00000320. The minimum atomic E-state index is -1.36. The molecular formula is C24H20ClF2N5NaO3S. The van der Waals surface area contributed by atoms with E-state index >= 15 is 8.78 Å². The first-order valence-corrected chi connectivity index (χ1v) is 12.2. The van der Waals surface area contributed by atoms with E-state index in [0.717, 1.165) is 30.3 Å². The Labute approximate surface area is 241 Å². The van der Waals surface area contributed by atoms with Gasteiger partial charge in [0.15, 0.2) is 11.6 Å². The number of nitrogens with two attached hydrogens (primary N) is 1. The molecule has 4 aromatic rings. The number of hydrogen-bond acceptors (Lipinski definition) is 4. The van der Waals surface area contributed by atoms with Crippen molar-refractivity contribution in [3.63, 3.8) is 0 Å². The largest absolute Gasteiger partial charge is 0.478 e. The van der Waals surface area contributed by atoms with Crippen LogP contribution in [0.1, 0.15) is 34.8 Å². The van der Waals surface area contributed by atoms with Gasteiger partial charge in [0.1, 0.15) is 0 Å². The molecule has 0 aliphatic heterocycles. The second kappa shape index (κ2) is 11.0. The van der Waals surface area contributed by atoms with E-state index in [9.17, 15) is 14.7 Å². The predicted octanol–water partition coefficient (Wildman–Crippen LogP) is 4.77. The van der Waals surface area contributed by atoms with Crippen LogP contribution in [-0.2, 0) is 6.54 Å². The van der Waals surface area contributed by atoms with Gasteiger partial charge < -0.3 is 20.7 Å². The molecule has 8 nitrogen and oxygen atoms in total. The molecule has 187 valence electrons. The van der Waals surface area contributed by atoms with E-state index in [0.29, 0.717) is 22.5 Å². The van der Waals surface area contributed by atoms with E-state index in [1.165, 1.54) is 24.3 Å². The number of hydrogen-bond donors (Lipinski definition) is 3. The molecule has 0 atom stereocenters. The first-order valence-electron chi connectivity index (χ1n) is 11.0. The third-order valence-electron chi connectivity index (χ3n) is 5.90. The number of urea groups is 1. The number of carbonyl (C=O) groups excluding carboxylic acids is 1. The van der Waals surface area contributed by atoms with Gasteiger partial charge in [-0.15, -0.1) is 0 Å². The summed E-state index contributed by atoms with van der Waals surface area (Å²) >= 11 is 7.22. The minimum Gasteiger partial charge on any atom is -0.478 e. The zero-order valence-electron chi connectivity index (χ0n) is 19.7. The zero-order chi connectivity index (χ0) is 25.6. The quantitative estimate of drug-likeness (QED) is 0.271. The third-order valence-corrected chi connectivity index (χ3v) is 7.36. The first kappa shape index (κ1) is 27.5. The van der Waals surface area contributed by atoms with Crippen LogP contribution < -0.4 is 11.1 Å². The maximum Gasteiger partial charge on any atom is 0.338 e. The maximum atomic E-state index is 15.5. The van der Waals surface area contributed by atoms with Crippen LogP contribution in [0.25, 0.3) is 16.6 Å². The molecule has 0 unspecified atom stereocenters. The molecule has 1 aliphatic rings. The first-order chi connectivity index (χ1) is 17.3. The molecule has 5 rings (SSSR count). The summed E-state index contributed by atoms with van der Waals surface area (Å²) in [6, 6.07) is 6.67. The average molecular weight is 555 g/mol. The number of benzene rings is 2. The number of aromatic nitrogens is 3. The van der Waals surface area contributed by atoms with Crippen LogP contribution >= 0.6 is 23.4 Å². The van der Waals surface area contributed by atoms with E-state index in [4.69, 9.17) is 17.3 Å². The number of nitrogens with one attached hydrogen (secondary N) is 1. The standard InChI is InChI=1S/C24H20ClF2N5O3S.Na/c25-16-7-6-15-21(19(16)27)32(13-10-30-31(11-13)9-8-29-24(28)35)20(12-4-5-12)22(15)36-17-3-1-2-14(18(17)26)23(33)34;/h1-3,6-7,10-12H,4-5,8-9H2,(H,33,34)(H3,28,29,35);. The Morgan fingerprint density at radius 1 is 1.22 bits per heavy atom. The SMILES string of the molecule is NC(=O)NCCn1cc(-n2c(C3CC3)c(Sc3cccc(C(=O)O)c3F)c3ccc(Cl)c(F)c32)cn1.[Na]. The number of carbonyl (C=O) groups is 2. The summed E-state index contributed by atoms with van der Waals surface area (Å²) in [4.78, 5) is 23.2. The van der Waals surface area contributed by atoms with Gasteiger partial charge in [-0.1, -0.05) is 29.4 Å². The summed E-state index contributed by atoms with van der Waals surface area (Å²) in [6.07, 6.45) is 5.03. The molecule has 1 saturated carbocycles. The van der Waals surface area contributed by atoms with Gasteiger partial charge in [0.05, 0.1) is 34.5 Å². The van der Waals surface area contributed by atoms with Crippen molar-refractivity contribution in [2.75, 3.05) is 6.54 Å². The molecule has 0 spiro atoms. The number of nitrogens with zero attached hydrogens (tertiary/aromatic N) is 3. The van der Waals surface area contributed by atoms with Gasteiger partial charge in [-0.3, -0.25) is 4.68 Å². The van der Waals surface area contributed by atoms with E-state index in [1.54, 1.807) is 27.7 Å². The smallest absolute Gasteiger partial charge is 0.338 e. The Morgan fingerprint density at radius 3 is 2.65 bits per heavy atom. The Bertz CT molecular complexity index is 1520. The minimum absolute atomic E-state index is 0. The van der Waals surface area contributed by atoms with Crippen LogP contribution in [0.2, 0.25) is 5.02 Å². The van der Waals surface area contributed by atoms with Crippen LogP contribution in [0, 0.1) is 11.6 Å². The molecule has 0 bridgehead atoms. The summed E-state index contributed by atoms with van der Waals surface area (Å²) in [5.41, 5.74) is 6.27. The summed E-state index contributed by atoms with van der Waals surface area (Å²) in [5, 5.41) is 16.6. The molecule has 1 radical (unpaired) electrons. The maximum absolute atomic E-state index is 15.5. The van der Waals surface area contributed by atoms with Gasteiger partial charge in [-0.2, -0.15) is 5.10 Å². The van der Waals surface area contributed by atoms with E-state index < -0.39 is 29.2 Å². The monoisotopic (exact) mass is 554 g/mol. The van der Waals surface area contributed by atoms with Crippen molar-refractivity contribution >= 4 is 75.8 Å². The number of fused-ring (bicyclic) bond motifs is 1. The Hall–Kier alpha value is -2.57. The molecule has 13 heteroatoms. The molecule has 37 heavy (non-hydrogen) atoms. The normalized spacial score (nSPS) is 12.9. The van der Waals surface area contributed by atoms with Crippen molar-refractivity contribution in [3.8, 4) is 5.69 Å². The molecule has 0 saturated heterocycles. The second-order valence-corrected chi connectivity index (χ2v) is 9.82. The number of halogens is 3. The van der Waals surface area contributed by atoms with Crippen molar-refractivity contribution in [3.05, 3.63) is 70.6 Å². The number of amides is 2. The zero-order valence-corrected chi connectivity index (χ0v) is 23.2. The number of aromatic carboxylic acids is 1. The van der Waals surface area contributed by atoms with Crippen molar-refractivity contribution in [2.24, 2.45) is 5.73 Å². The van der Waals surface area contributed by atoms with Crippen LogP contribution in [-0.4, -0.2) is 67.6 Å². The van der Waals surface area contributed by atoms with Gasteiger partial charge in [-0.05, 0) is 37.1 Å². The molecular weight excluding hydrogens is 535 g/mol. The average Bonchev–Trinajstić information content (AvgIpc) is 3.47. The van der Waals surface area contributed by atoms with Crippen molar-refractivity contribution < 1.29 is 23.5 Å². The Kier molecular flexibility index (Phi) is 8.20. The van der Waals surface area contributed by atoms with E-state index in [1.807, 2.05) is 0 Å². The van der Waals surface area contributed by atoms with Gasteiger partial charge in [0.25, 0.3) is 0 Å². The van der Waals surface area contributed by atoms with Crippen molar-refractivity contribution in [2.45, 2.75) is 35.1 Å². The predicted molar refractivity (Wildman–Crippen MR) is 137 cm³/mol. The summed E-state index contributed by atoms with van der Waals surface area (Å²) in [7, 11) is 0. The summed E-state index contributed by atoms with van der Waals surface area (Å²) < 4.78 is 33.9. The molecule has 2 heterocycles. The fraction of sp³-hybridized carbons (Fsp3) is 0.208. The molecule has 2 aromatic heterocycles. The number of primary amides is 1. The van der Waals surface area contributed by atoms with Crippen molar-refractivity contribution in [1.29, 1.82) is 0 Å². The van der Waals surface area contributed by atoms with Gasteiger partial charge in [0.2, 0.25) is 0 Å².